The Bertz CT molecular complexity index is 883. The fourth-order valence-electron chi connectivity index (χ4n) is 3.88. The lowest BCUT2D eigenvalue weighted by Crippen LogP contribution is -2.21. The van der Waals surface area contributed by atoms with Crippen LogP contribution in [0, 0.1) is 11.8 Å². The highest BCUT2D eigenvalue weighted by Gasteiger charge is 2.31. The molecule has 0 saturated heterocycles. The van der Waals surface area contributed by atoms with Gasteiger partial charge >= 0.3 is 0 Å². The number of aryl methyl sites for hydroxylation is 2. The van der Waals surface area contributed by atoms with Crippen molar-refractivity contribution in [2.75, 3.05) is 0 Å². The largest absolute Gasteiger partial charge is 0.490 e. The molecule has 3 atom stereocenters. The molecule has 0 amide bonds. The molecule has 1 aliphatic carbocycles. The first-order chi connectivity index (χ1) is 13.7. The minimum Gasteiger partial charge on any atom is -0.490 e. The molecule has 0 heterocycles. The lowest BCUT2D eigenvalue weighted by atomic mass is 9.99. The highest BCUT2D eigenvalue weighted by Crippen LogP contribution is 2.34. The molecule has 0 spiro atoms. The minimum absolute atomic E-state index is 0.116. The highest BCUT2D eigenvalue weighted by atomic mass is 32.2. The summed E-state index contributed by atoms with van der Waals surface area (Å²) in [6, 6.07) is 16.5. The van der Waals surface area contributed by atoms with Crippen molar-refractivity contribution in [1.82, 2.24) is 0 Å². The Balaban J connectivity index is 1.51. The van der Waals surface area contributed by atoms with Gasteiger partial charge in [0, 0.05) is 0 Å². The minimum atomic E-state index is -3.05. The lowest BCUT2D eigenvalue weighted by Gasteiger charge is -2.20. The Kier molecular flexibility index (Phi) is 7.05. The van der Waals surface area contributed by atoms with Crippen molar-refractivity contribution in [3.8, 4) is 5.75 Å². The molecule has 0 radical (unpaired) electrons. The summed E-state index contributed by atoms with van der Waals surface area (Å²) >= 11 is 0. The van der Waals surface area contributed by atoms with Gasteiger partial charge in [-0.25, -0.2) is 8.42 Å². The van der Waals surface area contributed by atoms with Crippen LogP contribution in [-0.2, 0) is 28.4 Å². The summed E-state index contributed by atoms with van der Waals surface area (Å²) in [7, 11) is -3.05. The average molecular weight is 415 g/mol. The van der Waals surface area contributed by atoms with Crippen molar-refractivity contribution in [2.45, 2.75) is 70.5 Å². The van der Waals surface area contributed by atoms with E-state index in [-0.39, 0.29) is 11.0 Å². The van der Waals surface area contributed by atoms with Crippen molar-refractivity contribution in [2.24, 2.45) is 11.8 Å². The molecule has 1 aliphatic rings. The standard InChI is InChI=1S/C25H34O3S/c1-18(2)29(26,27)17-23-10-8-21(9-11-23)6-7-22-12-14-24(15-13-22)28-25-16-5-19(3)20(25)4/h8-15,18-20,25H,5-7,16-17H2,1-4H3. The maximum atomic E-state index is 12.1. The summed E-state index contributed by atoms with van der Waals surface area (Å²) in [6.45, 7) is 8.07. The van der Waals surface area contributed by atoms with Crippen molar-refractivity contribution < 1.29 is 13.2 Å². The maximum Gasteiger partial charge on any atom is 0.156 e. The molecule has 0 N–H and O–H groups in total. The van der Waals surface area contributed by atoms with E-state index in [1.165, 1.54) is 17.5 Å². The van der Waals surface area contributed by atoms with Crippen LogP contribution in [-0.4, -0.2) is 19.8 Å². The molecule has 158 valence electrons. The topological polar surface area (TPSA) is 43.4 Å². The van der Waals surface area contributed by atoms with E-state index in [9.17, 15) is 8.42 Å². The smallest absolute Gasteiger partial charge is 0.156 e. The SMILES string of the molecule is CC1CCC(Oc2ccc(CCc3ccc(CS(=O)(=O)C(C)C)cc3)cc2)C1C. The van der Waals surface area contributed by atoms with Crippen LogP contribution in [0.5, 0.6) is 5.75 Å². The van der Waals surface area contributed by atoms with Crippen LogP contribution in [0.2, 0.25) is 0 Å². The number of hydrogen-bond donors (Lipinski definition) is 0. The van der Waals surface area contributed by atoms with E-state index in [1.54, 1.807) is 13.8 Å². The molecule has 1 saturated carbocycles. The highest BCUT2D eigenvalue weighted by molar-refractivity contribution is 7.91. The van der Waals surface area contributed by atoms with E-state index in [1.807, 2.05) is 24.3 Å². The van der Waals surface area contributed by atoms with Gasteiger partial charge in [-0.05, 0) is 80.2 Å². The van der Waals surface area contributed by atoms with Crippen LogP contribution in [0.25, 0.3) is 0 Å². The molecule has 1 fully saturated rings. The summed E-state index contributed by atoms with van der Waals surface area (Å²) in [6.07, 6.45) is 4.65. The maximum absolute atomic E-state index is 12.1. The van der Waals surface area contributed by atoms with Crippen LogP contribution in [0.1, 0.15) is 57.2 Å². The first-order valence-electron chi connectivity index (χ1n) is 10.8. The molecule has 0 aliphatic heterocycles. The van der Waals surface area contributed by atoms with Crippen molar-refractivity contribution in [3.05, 3.63) is 65.2 Å². The zero-order valence-electron chi connectivity index (χ0n) is 18.1. The molecular weight excluding hydrogens is 380 g/mol. The molecule has 0 bridgehead atoms. The predicted molar refractivity (Wildman–Crippen MR) is 120 cm³/mol. The second-order valence-electron chi connectivity index (χ2n) is 8.89. The summed E-state index contributed by atoms with van der Waals surface area (Å²) in [5, 5.41) is -0.339. The summed E-state index contributed by atoms with van der Waals surface area (Å²) in [5.74, 6) is 2.45. The zero-order valence-corrected chi connectivity index (χ0v) is 18.9. The molecule has 3 nitrogen and oxygen atoms in total. The van der Waals surface area contributed by atoms with Crippen molar-refractivity contribution in [1.29, 1.82) is 0 Å². The Morgan fingerprint density at radius 3 is 1.86 bits per heavy atom. The zero-order chi connectivity index (χ0) is 21.0. The third kappa shape index (κ3) is 5.85. The van der Waals surface area contributed by atoms with Crippen LogP contribution in [0.4, 0.5) is 0 Å². The summed E-state index contributed by atoms with van der Waals surface area (Å²) in [4.78, 5) is 0. The van der Waals surface area contributed by atoms with Crippen LogP contribution >= 0.6 is 0 Å². The molecule has 29 heavy (non-hydrogen) atoms. The monoisotopic (exact) mass is 414 g/mol. The van der Waals surface area contributed by atoms with Gasteiger partial charge in [-0.2, -0.15) is 0 Å². The first kappa shape index (κ1) is 21.9. The summed E-state index contributed by atoms with van der Waals surface area (Å²) in [5.41, 5.74) is 3.38. The Morgan fingerprint density at radius 2 is 1.38 bits per heavy atom. The Hall–Kier alpha value is -1.81. The van der Waals surface area contributed by atoms with Gasteiger partial charge in [0.05, 0.1) is 11.0 Å². The predicted octanol–water partition coefficient (Wildman–Crippen LogP) is 5.61. The molecule has 2 aromatic carbocycles. The Labute approximate surface area is 176 Å². The van der Waals surface area contributed by atoms with Gasteiger partial charge in [0.15, 0.2) is 9.84 Å². The van der Waals surface area contributed by atoms with Crippen LogP contribution in [0.3, 0.4) is 0 Å². The van der Waals surface area contributed by atoms with Gasteiger partial charge in [0.25, 0.3) is 0 Å². The second kappa shape index (κ2) is 9.34. The average Bonchev–Trinajstić information content (AvgIpc) is 3.00. The van der Waals surface area contributed by atoms with E-state index in [0.717, 1.165) is 36.5 Å². The number of ether oxygens (including phenoxy) is 1. The second-order valence-corrected chi connectivity index (χ2v) is 11.4. The van der Waals surface area contributed by atoms with E-state index < -0.39 is 9.84 Å². The van der Waals surface area contributed by atoms with Gasteiger partial charge in [-0.15, -0.1) is 0 Å². The van der Waals surface area contributed by atoms with Crippen molar-refractivity contribution in [3.63, 3.8) is 0 Å². The first-order valence-corrected chi connectivity index (χ1v) is 12.5. The molecule has 0 aromatic heterocycles. The number of sulfone groups is 1. The fourth-order valence-corrected chi connectivity index (χ4v) is 4.88. The van der Waals surface area contributed by atoms with E-state index in [4.69, 9.17) is 4.74 Å². The van der Waals surface area contributed by atoms with Gasteiger partial charge in [0.1, 0.15) is 11.9 Å². The van der Waals surface area contributed by atoms with Crippen LogP contribution in [0.15, 0.2) is 48.5 Å². The molecule has 4 heteroatoms. The van der Waals surface area contributed by atoms with Gasteiger partial charge in [-0.3, -0.25) is 0 Å². The number of benzene rings is 2. The molecular formula is C25H34O3S. The van der Waals surface area contributed by atoms with Gasteiger partial charge < -0.3 is 4.74 Å². The van der Waals surface area contributed by atoms with Gasteiger partial charge in [0.2, 0.25) is 0 Å². The third-order valence-corrected chi connectivity index (χ3v) is 8.58. The fraction of sp³-hybridized carbons (Fsp3) is 0.520. The number of hydrogen-bond acceptors (Lipinski definition) is 3. The third-order valence-electron chi connectivity index (χ3n) is 6.41. The normalized spacial score (nSPS) is 22.2. The van der Waals surface area contributed by atoms with E-state index in [2.05, 4.69) is 38.1 Å². The Morgan fingerprint density at radius 1 is 0.862 bits per heavy atom. The number of rotatable bonds is 8. The quantitative estimate of drug-likeness (QED) is 0.564. The van der Waals surface area contributed by atoms with Gasteiger partial charge in [-0.1, -0.05) is 50.2 Å². The van der Waals surface area contributed by atoms with E-state index >= 15 is 0 Å². The lowest BCUT2D eigenvalue weighted by molar-refractivity contribution is 0.155. The van der Waals surface area contributed by atoms with Crippen LogP contribution < -0.4 is 4.74 Å². The van der Waals surface area contributed by atoms with E-state index in [0.29, 0.717) is 12.0 Å². The summed E-state index contributed by atoms with van der Waals surface area (Å²) < 4.78 is 30.3. The molecule has 3 unspecified atom stereocenters. The molecule has 2 aromatic rings. The molecule has 3 rings (SSSR count). The van der Waals surface area contributed by atoms with Crippen molar-refractivity contribution >= 4 is 9.84 Å².